The quantitative estimate of drug-likeness (QED) is 0.226. The molecule has 7 heteroatoms. The van der Waals surface area contributed by atoms with Gasteiger partial charge in [0.2, 0.25) is 5.91 Å². The van der Waals surface area contributed by atoms with Crippen LogP contribution in [0.1, 0.15) is 51.9 Å². The summed E-state index contributed by atoms with van der Waals surface area (Å²) >= 11 is 0. The first-order valence-corrected chi connectivity index (χ1v) is 10.1. The molecule has 2 rings (SSSR count). The van der Waals surface area contributed by atoms with Gasteiger partial charge in [0, 0.05) is 52.8 Å². The third kappa shape index (κ3) is 9.39. The number of carbonyl (C=O) groups excluding carboxylic acids is 1. The zero-order valence-electron chi connectivity index (χ0n) is 16.5. The normalized spacial score (nSPS) is 18.3. The van der Waals surface area contributed by atoms with Gasteiger partial charge in [-0.1, -0.05) is 6.42 Å². The molecule has 1 saturated heterocycles. The molecule has 0 aromatic carbocycles. The Hall–Kier alpha value is -0.570. The Balaban J connectivity index is 0.00000338. The van der Waals surface area contributed by atoms with Crippen molar-refractivity contribution < 1.29 is 9.53 Å². The van der Waals surface area contributed by atoms with Crippen LogP contribution < -0.4 is 5.32 Å². The molecule has 0 radical (unpaired) electrons. The van der Waals surface area contributed by atoms with Gasteiger partial charge in [0.05, 0.1) is 6.61 Å². The van der Waals surface area contributed by atoms with E-state index in [2.05, 4.69) is 24.2 Å². The van der Waals surface area contributed by atoms with E-state index in [0.717, 1.165) is 83.5 Å². The smallest absolute Gasteiger partial charge is 0.222 e. The summed E-state index contributed by atoms with van der Waals surface area (Å²) in [6.45, 7) is 7.95. The number of rotatable bonds is 10. The SMILES string of the molecule is CCNC(=NCCCN1CCCCCC1=O)N(C)CCOCC1CC1.I. The molecule has 1 N–H and O–H groups in total. The van der Waals surface area contributed by atoms with Crippen LogP contribution in [0.4, 0.5) is 0 Å². The van der Waals surface area contributed by atoms with Crippen LogP contribution in [0.15, 0.2) is 4.99 Å². The highest BCUT2D eigenvalue weighted by molar-refractivity contribution is 14.0. The average molecular weight is 480 g/mol. The van der Waals surface area contributed by atoms with E-state index < -0.39 is 0 Å². The summed E-state index contributed by atoms with van der Waals surface area (Å²) in [5, 5.41) is 3.34. The molecule has 1 heterocycles. The number of nitrogens with one attached hydrogen (secondary N) is 1. The Morgan fingerprint density at radius 1 is 1.35 bits per heavy atom. The number of guanidine groups is 1. The molecule has 0 aromatic heterocycles. The van der Waals surface area contributed by atoms with Gasteiger partial charge < -0.3 is 19.9 Å². The summed E-state index contributed by atoms with van der Waals surface area (Å²) in [5.41, 5.74) is 0. The molecule has 1 saturated carbocycles. The van der Waals surface area contributed by atoms with Crippen LogP contribution in [0.5, 0.6) is 0 Å². The molecular weight excluding hydrogens is 443 g/mol. The van der Waals surface area contributed by atoms with Gasteiger partial charge in [0.15, 0.2) is 5.96 Å². The standard InChI is InChI=1S/C19H36N4O2.HI/c1-3-20-19(22(2)14-15-25-16-17-9-10-17)21-11-7-13-23-12-6-4-5-8-18(23)24;/h17H,3-16H2,1-2H3,(H,20,21);1H. The van der Waals surface area contributed by atoms with Crippen molar-refractivity contribution in [3.05, 3.63) is 0 Å². The van der Waals surface area contributed by atoms with Crippen molar-refractivity contribution in [3.63, 3.8) is 0 Å². The lowest BCUT2D eigenvalue weighted by molar-refractivity contribution is -0.130. The summed E-state index contributed by atoms with van der Waals surface area (Å²) in [4.78, 5) is 20.9. The number of hydrogen-bond acceptors (Lipinski definition) is 3. The fourth-order valence-corrected chi connectivity index (χ4v) is 3.03. The van der Waals surface area contributed by atoms with E-state index in [1.807, 2.05) is 4.90 Å². The van der Waals surface area contributed by atoms with Crippen LogP contribution in [0.3, 0.4) is 0 Å². The maximum absolute atomic E-state index is 12.0. The van der Waals surface area contributed by atoms with Gasteiger partial charge in [-0.25, -0.2) is 0 Å². The first-order chi connectivity index (χ1) is 12.2. The molecule has 6 nitrogen and oxygen atoms in total. The van der Waals surface area contributed by atoms with Crippen molar-refractivity contribution >= 4 is 35.8 Å². The number of likely N-dealkylation sites (N-methyl/N-ethyl adjacent to an activating group) is 1. The maximum atomic E-state index is 12.0. The first-order valence-electron chi connectivity index (χ1n) is 10.1. The lowest BCUT2D eigenvalue weighted by Gasteiger charge is -2.23. The molecule has 2 aliphatic rings. The molecule has 0 bridgehead atoms. The molecule has 0 spiro atoms. The van der Waals surface area contributed by atoms with Crippen LogP contribution in [0.2, 0.25) is 0 Å². The van der Waals surface area contributed by atoms with Gasteiger partial charge >= 0.3 is 0 Å². The Bertz CT molecular complexity index is 430. The number of carbonyl (C=O) groups is 1. The second-order valence-corrected chi connectivity index (χ2v) is 7.22. The number of hydrogen-bond donors (Lipinski definition) is 1. The lowest BCUT2D eigenvalue weighted by Crippen LogP contribution is -2.40. The Kier molecular flexibility index (Phi) is 12.3. The highest BCUT2D eigenvalue weighted by Crippen LogP contribution is 2.28. The van der Waals surface area contributed by atoms with Crippen LogP contribution in [-0.2, 0) is 9.53 Å². The van der Waals surface area contributed by atoms with E-state index in [1.165, 1.54) is 19.3 Å². The van der Waals surface area contributed by atoms with Crippen LogP contribution in [-0.4, -0.2) is 74.7 Å². The van der Waals surface area contributed by atoms with E-state index in [0.29, 0.717) is 5.91 Å². The van der Waals surface area contributed by atoms with E-state index >= 15 is 0 Å². The lowest BCUT2D eigenvalue weighted by atomic mass is 10.2. The average Bonchev–Trinajstić information content (AvgIpc) is 3.43. The molecule has 152 valence electrons. The van der Waals surface area contributed by atoms with Crippen molar-refractivity contribution in [3.8, 4) is 0 Å². The number of amides is 1. The van der Waals surface area contributed by atoms with Crippen LogP contribution >= 0.6 is 24.0 Å². The second kappa shape index (κ2) is 13.6. The van der Waals surface area contributed by atoms with Gasteiger partial charge in [0.1, 0.15) is 0 Å². The third-order valence-corrected chi connectivity index (χ3v) is 4.84. The first kappa shape index (κ1) is 23.5. The highest BCUT2D eigenvalue weighted by Gasteiger charge is 2.21. The number of likely N-dealkylation sites (tertiary alicyclic amines) is 1. The second-order valence-electron chi connectivity index (χ2n) is 7.22. The fourth-order valence-electron chi connectivity index (χ4n) is 3.03. The van der Waals surface area contributed by atoms with E-state index in [4.69, 9.17) is 9.73 Å². The summed E-state index contributed by atoms with van der Waals surface area (Å²) in [5.74, 6) is 2.06. The number of halogens is 1. The number of nitrogens with zero attached hydrogens (tertiary/aromatic N) is 3. The molecule has 0 atom stereocenters. The van der Waals surface area contributed by atoms with Crippen molar-refractivity contribution in [1.82, 2.24) is 15.1 Å². The zero-order valence-corrected chi connectivity index (χ0v) is 18.9. The Labute approximate surface area is 176 Å². The minimum absolute atomic E-state index is 0. The molecule has 1 aliphatic heterocycles. The van der Waals surface area contributed by atoms with E-state index in [-0.39, 0.29) is 24.0 Å². The molecule has 0 aromatic rings. The largest absolute Gasteiger partial charge is 0.379 e. The summed E-state index contributed by atoms with van der Waals surface area (Å²) in [7, 11) is 2.06. The van der Waals surface area contributed by atoms with Crippen molar-refractivity contribution in [2.45, 2.75) is 51.9 Å². The highest BCUT2D eigenvalue weighted by atomic mass is 127. The molecule has 1 amide bonds. The summed E-state index contributed by atoms with van der Waals surface area (Å²) < 4.78 is 5.72. The molecule has 1 aliphatic carbocycles. The third-order valence-electron chi connectivity index (χ3n) is 4.84. The van der Waals surface area contributed by atoms with Crippen molar-refractivity contribution in [1.29, 1.82) is 0 Å². The maximum Gasteiger partial charge on any atom is 0.222 e. The zero-order chi connectivity index (χ0) is 17.9. The molecule has 26 heavy (non-hydrogen) atoms. The monoisotopic (exact) mass is 480 g/mol. The number of aliphatic imine (C=N–C) groups is 1. The predicted octanol–water partition coefficient (Wildman–Crippen LogP) is 2.72. The van der Waals surface area contributed by atoms with Gasteiger partial charge in [0.25, 0.3) is 0 Å². The van der Waals surface area contributed by atoms with Crippen molar-refractivity contribution in [2.24, 2.45) is 10.9 Å². The Morgan fingerprint density at radius 2 is 2.15 bits per heavy atom. The fraction of sp³-hybridized carbons (Fsp3) is 0.895. The van der Waals surface area contributed by atoms with Crippen molar-refractivity contribution in [2.75, 3.05) is 53.0 Å². The molecular formula is C19H37IN4O2. The summed E-state index contributed by atoms with van der Waals surface area (Å²) in [6, 6.07) is 0. The van der Waals surface area contributed by atoms with Gasteiger partial charge in [-0.3, -0.25) is 9.79 Å². The van der Waals surface area contributed by atoms with Gasteiger partial charge in [-0.15, -0.1) is 24.0 Å². The van der Waals surface area contributed by atoms with E-state index in [1.54, 1.807) is 0 Å². The van der Waals surface area contributed by atoms with Gasteiger partial charge in [-0.2, -0.15) is 0 Å². The summed E-state index contributed by atoms with van der Waals surface area (Å²) in [6.07, 6.45) is 7.67. The number of ether oxygens (including phenoxy) is 1. The van der Waals surface area contributed by atoms with Crippen LogP contribution in [0.25, 0.3) is 0 Å². The molecule has 2 fully saturated rings. The minimum atomic E-state index is 0. The molecule has 0 unspecified atom stereocenters. The van der Waals surface area contributed by atoms with E-state index in [9.17, 15) is 4.79 Å². The predicted molar refractivity (Wildman–Crippen MR) is 117 cm³/mol. The van der Waals surface area contributed by atoms with Gasteiger partial charge in [-0.05, 0) is 44.9 Å². The van der Waals surface area contributed by atoms with Crippen LogP contribution in [0, 0.1) is 5.92 Å². The Morgan fingerprint density at radius 3 is 2.88 bits per heavy atom. The minimum Gasteiger partial charge on any atom is -0.379 e. The topological polar surface area (TPSA) is 57.2 Å².